The standard InChI is InChI=1S/C22H24ClN3O3S.ClH/c1-3-25(4-2)12-13-26(22-24-20-15(23)8-7-11-19(20)30-22)21(27)18-14-28-16-9-5-6-10-17(16)29-18;/h5-11,18H,3-4,12-14H2,1-2H3;1H. The van der Waals surface area contributed by atoms with Gasteiger partial charge in [0.15, 0.2) is 16.6 Å². The topological polar surface area (TPSA) is 54.9 Å². The quantitative estimate of drug-likeness (QED) is 0.480. The maximum atomic E-state index is 13.5. The normalized spacial score (nSPS) is 15.0. The van der Waals surface area contributed by atoms with Crippen molar-refractivity contribution in [2.75, 3.05) is 37.7 Å². The molecule has 1 aromatic heterocycles. The first-order chi connectivity index (χ1) is 14.6. The van der Waals surface area contributed by atoms with Gasteiger partial charge in [0.25, 0.3) is 5.91 Å². The van der Waals surface area contributed by atoms with Gasteiger partial charge in [-0.05, 0) is 37.4 Å². The van der Waals surface area contributed by atoms with Crippen LogP contribution in [0.5, 0.6) is 11.5 Å². The van der Waals surface area contributed by atoms with Crippen LogP contribution in [-0.2, 0) is 4.79 Å². The number of amides is 1. The van der Waals surface area contributed by atoms with Crippen LogP contribution < -0.4 is 14.4 Å². The number of hydrogen-bond acceptors (Lipinski definition) is 6. The minimum absolute atomic E-state index is 0. The molecule has 1 aliphatic rings. The lowest BCUT2D eigenvalue weighted by molar-refractivity contribution is -0.127. The lowest BCUT2D eigenvalue weighted by atomic mass is 10.2. The first-order valence-electron chi connectivity index (χ1n) is 10.1. The van der Waals surface area contributed by atoms with Gasteiger partial charge in [-0.25, -0.2) is 4.98 Å². The van der Waals surface area contributed by atoms with Gasteiger partial charge >= 0.3 is 0 Å². The first-order valence-corrected chi connectivity index (χ1v) is 11.3. The van der Waals surface area contributed by atoms with E-state index in [1.807, 2.05) is 42.5 Å². The average Bonchev–Trinajstić information content (AvgIpc) is 3.21. The highest BCUT2D eigenvalue weighted by atomic mass is 35.5. The van der Waals surface area contributed by atoms with Crippen LogP contribution in [0.4, 0.5) is 5.13 Å². The number of halogens is 2. The highest BCUT2D eigenvalue weighted by Gasteiger charge is 2.33. The third kappa shape index (κ3) is 5.06. The fourth-order valence-corrected chi connectivity index (χ4v) is 4.71. The monoisotopic (exact) mass is 481 g/mol. The number of benzene rings is 2. The molecular weight excluding hydrogens is 457 g/mol. The van der Waals surface area contributed by atoms with Gasteiger partial charge in [0, 0.05) is 13.1 Å². The Morgan fingerprint density at radius 1 is 1.13 bits per heavy atom. The van der Waals surface area contributed by atoms with Crippen molar-refractivity contribution in [3.05, 3.63) is 47.5 Å². The molecule has 0 spiro atoms. The van der Waals surface area contributed by atoms with E-state index in [2.05, 4.69) is 23.7 Å². The fourth-order valence-electron chi connectivity index (χ4n) is 3.42. The molecule has 0 saturated carbocycles. The Hall–Kier alpha value is -2.06. The molecule has 9 heteroatoms. The summed E-state index contributed by atoms with van der Waals surface area (Å²) in [4.78, 5) is 22.2. The van der Waals surface area contributed by atoms with Crippen molar-refractivity contribution in [2.45, 2.75) is 20.0 Å². The molecule has 0 N–H and O–H groups in total. The summed E-state index contributed by atoms with van der Waals surface area (Å²) in [6.07, 6.45) is -0.723. The molecule has 0 bridgehead atoms. The average molecular weight is 482 g/mol. The van der Waals surface area contributed by atoms with Crippen LogP contribution in [0.3, 0.4) is 0 Å². The fraction of sp³-hybridized carbons (Fsp3) is 0.364. The Balaban J connectivity index is 0.00000272. The second-order valence-corrected chi connectivity index (χ2v) is 8.38. The lowest BCUT2D eigenvalue weighted by Crippen LogP contribution is -2.48. The van der Waals surface area contributed by atoms with Gasteiger partial charge in [0.1, 0.15) is 12.1 Å². The number of ether oxygens (including phenoxy) is 2. The van der Waals surface area contributed by atoms with Gasteiger partial charge < -0.3 is 14.4 Å². The SMILES string of the molecule is CCN(CC)CCN(C(=O)C1COc2ccccc2O1)c1nc2c(Cl)cccc2s1.Cl. The van der Waals surface area contributed by atoms with Crippen LogP contribution in [-0.4, -0.2) is 54.7 Å². The Kier molecular flexibility index (Phi) is 8.00. The number of carbonyl (C=O) groups is 1. The third-order valence-electron chi connectivity index (χ3n) is 5.17. The van der Waals surface area contributed by atoms with Crippen LogP contribution in [0.1, 0.15) is 13.8 Å². The van der Waals surface area contributed by atoms with Crippen molar-refractivity contribution in [3.63, 3.8) is 0 Å². The smallest absolute Gasteiger partial charge is 0.273 e. The van der Waals surface area contributed by atoms with Crippen LogP contribution in [0, 0.1) is 0 Å². The lowest BCUT2D eigenvalue weighted by Gasteiger charge is -2.30. The number of carbonyl (C=O) groups excluding carboxylic acids is 1. The molecule has 31 heavy (non-hydrogen) atoms. The van der Waals surface area contributed by atoms with E-state index >= 15 is 0 Å². The molecular formula is C22H25Cl2N3O3S. The predicted molar refractivity (Wildman–Crippen MR) is 128 cm³/mol. The molecule has 1 aliphatic heterocycles. The van der Waals surface area contributed by atoms with Gasteiger partial charge in [-0.3, -0.25) is 9.69 Å². The van der Waals surface area contributed by atoms with E-state index in [1.165, 1.54) is 11.3 Å². The summed E-state index contributed by atoms with van der Waals surface area (Å²) in [5.74, 6) is 1.08. The second kappa shape index (κ2) is 10.5. The molecule has 1 amide bonds. The molecule has 6 nitrogen and oxygen atoms in total. The highest BCUT2D eigenvalue weighted by Crippen LogP contribution is 2.35. The van der Waals surface area contributed by atoms with Gasteiger partial charge in [-0.15, -0.1) is 12.4 Å². The number of nitrogens with zero attached hydrogens (tertiary/aromatic N) is 3. The molecule has 4 rings (SSSR count). The minimum atomic E-state index is -0.723. The summed E-state index contributed by atoms with van der Waals surface area (Å²) in [6.45, 7) is 7.49. The van der Waals surface area contributed by atoms with E-state index in [-0.39, 0.29) is 24.9 Å². The zero-order valence-corrected chi connectivity index (χ0v) is 19.8. The number of aromatic nitrogens is 1. The van der Waals surface area contributed by atoms with Gasteiger partial charge in [0.05, 0.1) is 9.72 Å². The number of thiazole rings is 1. The summed E-state index contributed by atoms with van der Waals surface area (Å²) < 4.78 is 12.7. The number of fused-ring (bicyclic) bond motifs is 2. The Morgan fingerprint density at radius 2 is 1.87 bits per heavy atom. The number of anilines is 1. The molecule has 0 saturated heterocycles. The summed E-state index contributed by atoms with van der Waals surface area (Å²) in [5, 5.41) is 1.20. The van der Waals surface area contributed by atoms with Crippen LogP contribution >= 0.6 is 35.3 Å². The molecule has 3 aromatic rings. The van der Waals surface area contributed by atoms with Crippen LogP contribution in [0.25, 0.3) is 10.2 Å². The first kappa shape index (κ1) is 23.6. The summed E-state index contributed by atoms with van der Waals surface area (Å²) in [6, 6.07) is 13.1. The van der Waals surface area contributed by atoms with E-state index in [1.54, 1.807) is 4.90 Å². The molecule has 1 atom stereocenters. The molecule has 2 aromatic carbocycles. The van der Waals surface area contributed by atoms with Gasteiger partial charge in [0.2, 0.25) is 6.10 Å². The van der Waals surface area contributed by atoms with Gasteiger partial charge in [-0.2, -0.15) is 0 Å². The Bertz CT molecular complexity index is 1040. The zero-order valence-electron chi connectivity index (χ0n) is 17.4. The van der Waals surface area contributed by atoms with E-state index < -0.39 is 6.10 Å². The number of hydrogen-bond donors (Lipinski definition) is 0. The Labute approximate surface area is 197 Å². The largest absolute Gasteiger partial charge is 0.485 e. The molecule has 2 heterocycles. The van der Waals surface area contributed by atoms with Crippen molar-refractivity contribution < 1.29 is 14.3 Å². The van der Waals surface area contributed by atoms with Crippen molar-refractivity contribution in [2.24, 2.45) is 0 Å². The summed E-state index contributed by atoms with van der Waals surface area (Å²) in [5.41, 5.74) is 0.714. The predicted octanol–water partition coefficient (Wildman–Crippen LogP) is 4.89. The maximum Gasteiger partial charge on any atom is 0.273 e. The second-order valence-electron chi connectivity index (χ2n) is 6.96. The molecule has 0 fully saturated rings. The number of para-hydroxylation sites is 3. The van der Waals surface area contributed by atoms with Gasteiger partial charge in [-0.1, -0.05) is 55.0 Å². The van der Waals surface area contributed by atoms with Crippen LogP contribution in [0.15, 0.2) is 42.5 Å². The molecule has 166 valence electrons. The third-order valence-corrected chi connectivity index (χ3v) is 6.52. The highest BCUT2D eigenvalue weighted by molar-refractivity contribution is 7.22. The van der Waals surface area contributed by atoms with E-state index in [9.17, 15) is 4.79 Å². The maximum absolute atomic E-state index is 13.5. The van der Waals surface area contributed by atoms with Crippen LogP contribution in [0.2, 0.25) is 5.02 Å². The van der Waals surface area contributed by atoms with E-state index in [0.29, 0.717) is 33.7 Å². The van der Waals surface area contributed by atoms with E-state index in [0.717, 1.165) is 24.3 Å². The minimum Gasteiger partial charge on any atom is -0.485 e. The van der Waals surface area contributed by atoms with Crippen molar-refractivity contribution in [3.8, 4) is 11.5 Å². The Morgan fingerprint density at radius 3 is 2.58 bits per heavy atom. The summed E-state index contributed by atoms with van der Waals surface area (Å²) >= 11 is 7.78. The van der Waals surface area contributed by atoms with E-state index in [4.69, 9.17) is 21.1 Å². The number of rotatable bonds is 7. The zero-order chi connectivity index (χ0) is 21.1. The molecule has 0 aliphatic carbocycles. The summed E-state index contributed by atoms with van der Waals surface area (Å²) in [7, 11) is 0. The van der Waals surface area contributed by atoms with Crippen molar-refractivity contribution >= 4 is 56.6 Å². The van der Waals surface area contributed by atoms with Crippen molar-refractivity contribution in [1.29, 1.82) is 0 Å². The molecule has 1 unspecified atom stereocenters. The van der Waals surface area contributed by atoms with Crippen molar-refractivity contribution in [1.82, 2.24) is 9.88 Å². The molecule has 0 radical (unpaired) electrons. The number of likely N-dealkylation sites (N-methyl/N-ethyl adjacent to an activating group) is 1.